The largest absolute Gasteiger partial charge is 0.272 e. The quantitative estimate of drug-likeness (QED) is 0.417. The van der Waals surface area contributed by atoms with E-state index in [1.54, 1.807) is 0 Å². The lowest BCUT2D eigenvalue weighted by Crippen LogP contribution is -2.63. The fourth-order valence-electron chi connectivity index (χ4n) is 6.62. The number of imide groups is 2. The Kier molecular flexibility index (Phi) is 2.73. The second kappa shape index (κ2) is 5.07. The molecule has 2 aromatic heterocycles. The highest BCUT2D eigenvalue weighted by molar-refractivity contribution is 6.20. The van der Waals surface area contributed by atoms with E-state index in [4.69, 9.17) is 0 Å². The fourth-order valence-corrected chi connectivity index (χ4v) is 6.62. The van der Waals surface area contributed by atoms with Crippen molar-refractivity contribution in [1.29, 1.82) is 0 Å². The molecule has 0 unspecified atom stereocenters. The molecule has 2 saturated heterocycles. The zero-order valence-electron chi connectivity index (χ0n) is 15.3. The molecular formula is C18H14N8O4. The SMILES string of the molecule is O=C1[C@@H]2[C@H]3C=C[C@@H]([C@@H]2C(=O)N1n1cnnc1)[C@@H]1[C@@H]2C(=O)N(n4cnnc4)C(=O)[C@H]2[C@H]31. The van der Waals surface area contributed by atoms with E-state index < -0.39 is 23.7 Å². The van der Waals surface area contributed by atoms with Crippen LogP contribution in [0.1, 0.15) is 0 Å². The smallest absolute Gasteiger partial charge is 0.253 e. The van der Waals surface area contributed by atoms with Gasteiger partial charge in [0.2, 0.25) is 0 Å². The van der Waals surface area contributed by atoms with Gasteiger partial charge in [-0.2, -0.15) is 10.0 Å². The number of carbonyl (C=O) groups is 4. The normalized spacial score (nSPS) is 40.7. The van der Waals surface area contributed by atoms with Crippen LogP contribution in [0, 0.1) is 47.3 Å². The standard InChI is InChI=1S/C18H14N8O4/c27-15-11-7-1-2-8(12(11)16(28)25(15)23-3-19-20-4-23)10-9(7)13-14(10)18(30)26(17(13)29)24-5-21-22-6-24/h1-14H/t7-,8+,9+,10-,11+,12-,13-,14-/m0/s1. The third-order valence-electron chi connectivity index (χ3n) is 7.57. The van der Waals surface area contributed by atoms with Gasteiger partial charge in [0.05, 0.1) is 23.7 Å². The molecule has 0 spiro atoms. The monoisotopic (exact) mass is 406 g/mol. The Balaban J connectivity index is 1.29. The molecule has 8 atom stereocenters. The van der Waals surface area contributed by atoms with Gasteiger partial charge in [-0.15, -0.1) is 20.4 Å². The Morgan fingerprint density at radius 3 is 1.23 bits per heavy atom. The molecule has 12 heteroatoms. The molecule has 0 aromatic carbocycles. The Hall–Kier alpha value is -3.70. The number of amides is 4. The van der Waals surface area contributed by atoms with Crippen LogP contribution in [0.15, 0.2) is 37.5 Å². The van der Waals surface area contributed by atoms with Gasteiger partial charge in [0.1, 0.15) is 25.3 Å². The number of hydrogen-bond donors (Lipinski definition) is 0. The second-order valence-corrected chi connectivity index (χ2v) is 8.46. The first kappa shape index (κ1) is 16.1. The summed E-state index contributed by atoms with van der Waals surface area (Å²) in [6.07, 6.45) is 9.18. The summed E-state index contributed by atoms with van der Waals surface area (Å²) >= 11 is 0. The molecule has 4 amide bonds. The van der Waals surface area contributed by atoms with E-state index in [0.717, 1.165) is 10.0 Å². The first-order chi connectivity index (χ1) is 14.6. The molecule has 4 aliphatic carbocycles. The highest BCUT2D eigenvalue weighted by Gasteiger charge is 2.75. The minimum absolute atomic E-state index is 0.137. The van der Waals surface area contributed by atoms with E-state index in [-0.39, 0.29) is 47.3 Å². The van der Waals surface area contributed by atoms with Gasteiger partial charge in [-0.25, -0.2) is 9.35 Å². The summed E-state index contributed by atoms with van der Waals surface area (Å²) < 4.78 is 2.60. The van der Waals surface area contributed by atoms with Crippen LogP contribution in [-0.4, -0.2) is 53.4 Å². The Morgan fingerprint density at radius 1 is 0.533 bits per heavy atom. The van der Waals surface area contributed by atoms with Crippen molar-refractivity contribution in [2.24, 2.45) is 47.3 Å². The van der Waals surface area contributed by atoms with E-state index in [9.17, 15) is 19.2 Å². The number of fused-ring (bicyclic) bond motifs is 1. The number of rotatable bonds is 2. The van der Waals surface area contributed by atoms with Crippen molar-refractivity contribution in [3.63, 3.8) is 0 Å². The predicted molar refractivity (Wildman–Crippen MR) is 93.6 cm³/mol. The third-order valence-corrected chi connectivity index (χ3v) is 7.57. The molecule has 2 bridgehead atoms. The van der Waals surface area contributed by atoms with Crippen molar-refractivity contribution in [3.8, 4) is 0 Å². The summed E-state index contributed by atoms with van der Waals surface area (Å²) in [5.74, 6) is -4.06. The fraction of sp³-hybridized carbons (Fsp3) is 0.444. The Bertz CT molecular complexity index is 1100. The van der Waals surface area contributed by atoms with Crippen LogP contribution in [0.5, 0.6) is 0 Å². The van der Waals surface area contributed by atoms with E-state index in [2.05, 4.69) is 20.4 Å². The van der Waals surface area contributed by atoms with E-state index in [1.807, 2.05) is 12.2 Å². The average Bonchev–Trinajstić information content (AvgIpc) is 3.47. The molecule has 8 rings (SSSR count). The van der Waals surface area contributed by atoms with Crippen LogP contribution in [0.4, 0.5) is 0 Å². The molecule has 2 aromatic rings. The lowest BCUT2D eigenvalue weighted by atomic mass is 9.40. The molecule has 4 fully saturated rings. The van der Waals surface area contributed by atoms with Crippen LogP contribution in [0.25, 0.3) is 0 Å². The van der Waals surface area contributed by atoms with E-state index in [1.165, 1.54) is 34.7 Å². The number of aromatic nitrogens is 6. The molecular weight excluding hydrogens is 392 g/mol. The third kappa shape index (κ3) is 1.58. The van der Waals surface area contributed by atoms with E-state index >= 15 is 0 Å². The molecule has 6 aliphatic rings. The van der Waals surface area contributed by atoms with Crippen LogP contribution in [0.2, 0.25) is 0 Å². The highest BCUT2D eigenvalue weighted by Crippen LogP contribution is 2.67. The van der Waals surface area contributed by atoms with Crippen LogP contribution in [-0.2, 0) is 19.2 Å². The zero-order valence-corrected chi connectivity index (χ0v) is 15.3. The van der Waals surface area contributed by atoms with Crippen LogP contribution >= 0.6 is 0 Å². The second-order valence-electron chi connectivity index (χ2n) is 8.46. The van der Waals surface area contributed by atoms with Crippen molar-refractivity contribution < 1.29 is 19.2 Å². The summed E-state index contributed by atoms with van der Waals surface area (Å²) in [6, 6.07) is 0. The number of allylic oxidation sites excluding steroid dienone is 2. The van der Waals surface area contributed by atoms with Crippen molar-refractivity contribution >= 4 is 23.6 Å². The van der Waals surface area contributed by atoms with E-state index in [0.29, 0.717) is 0 Å². The summed E-state index contributed by atoms with van der Waals surface area (Å²) in [5.41, 5.74) is 0. The maximum absolute atomic E-state index is 13.2. The minimum atomic E-state index is -0.538. The zero-order chi connectivity index (χ0) is 20.3. The summed E-state index contributed by atoms with van der Waals surface area (Å²) in [5, 5.41) is 16.9. The minimum Gasteiger partial charge on any atom is -0.272 e. The van der Waals surface area contributed by atoms with Crippen molar-refractivity contribution in [2.45, 2.75) is 0 Å². The van der Waals surface area contributed by atoms with Gasteiger partial charge in [0.15, 0.2) is 0 Å². The van der Waals surface area contributed by atoms with Gasteiger partial charge >= 0.3 is 0 Å². The number of nitrogens with zero attached hydrogens (tertiary/aromatic N) is 8. The molecule has 0 N–H and O–H groups in total. The Labute approximate surface area is 168 Å². The van der Waals surface area contributed by atoms with Gasteiger partial charge in [-0.1, -0.05) is 12.2 Å². The molecule has 30 heavy (non-hydrogen) atoms. The molecule has 2 aliphatic heterocycles. The molecule has 2 saturated carbocycles. The summed E-state index contributed by atoms with van der Waals surface area (Å²) in [7, 11) is 0. The van der Waals surface area contributed by atoms with Gasteiger partial charge in [0.25, 0.3) is 23.6 Å². The van der Waals surface area contributed by atoms with Crippen molar-refractivity contribution in [2.75, 3.05) is 10.0 Å². The van der Waals surface area contributed by atoms with Crippen LogP contribution in [0.3, 0.4) is 0 Å². The maximum atomic E-state index is 13.2. The Morgan fingerprint density at radius 2 is 0.867 bits per heavy atom. The summed E-state index contributed by atoms with van der Waals surface area (Å²) in [4.78, 5) is 52.7. The molecule has 12 nitrogen and oxygen atoms in total. The van der Waals surface area contributed by atoms with Gasteiger partial charge in [-0.3, -0.25) is 19.2 Å². The molecule has 0 radical (unpaired) electrons. The number of hydrogen-bond acceptors (Lipinski definition) is 8. The van der Waals surface area contributed by atoms with Crippen molar-refractivity contribution in [3.05, 3.63) is 37.5 Å². The summed E-state index contributed by atoms with van der Waals surface area (Å²) in [6.45, 7) is 0. The van der Waals surface area contributed by atoms with Gasteiger partial charge in [-0.05, 0) is 23.7 Å². The lowest BCUT2D eigenvalue weighted by molar-refractivity contribution is -0.166. The molecule has 4 heterocycles. The predicted octanol–water partition coefficient (Wildman–Crippen LogP) is -1.89. The first-order valence-electron chi connectivity index (χ1n) is 9.73. The van der Waals surface area contributed by atoms with Crippen LogP contribution < -0.4 is 10.0 Å². The average molecular weight is 406 g/mol. The number of carbonyl (C=O) groups excluding carboxylic acids is 4. The van der Waals surface area contributed by atoms with Crippen molar-refractivity contribution in [1.82, 2.24) is 29.7 Å². The molecule has 150 valence electrons. The maximum Gasteiger partial charge on any atom is 0.253 e. The highest BCUT2D eigenvalue weighted by atomic mass is 16.2. The first-order valence-corrected chi connectivity index (χ1v) is 9.73. The van der Waals surface area contributed by atoms with Gasteiger partial charge in [0, 0.05) is 0 Å². The van der Waals surface area contributed by atoms with Gasteiger partial charge < -0.3 is 0 Å². The lowest BCUT2D eigenvalue weighted by Gasteiger charge is -2.60. The topological polar surface area (TPSA) is 136 Å².